The number of ether oxygens (including phenoxy) is 1. The third kappa shape index (κ3) is 4.69. The Bertz CT molecular complexity index is 948. The molecule has 3 aromatic rings. The molecule has 0 spiro atoms. The zero-order chi connectivity index (χ0) is 18.2. The highest BCUT2D eigenvalue weighted by atomic mass is 32.1. The van der Waals surface area contributed by atoms with Crippen LogP contribution in [0.3, 0.4) is 0 Å². The van der Waals surface area contributed by atoms with Gasteiger partial charge >= 0.3 is 0 Å². The van der Waals surface area contributed by atoms with Gasteiger partial charge in [0, 0.05) is 16.5 Å². The average molecular weight is 358 g/mol. The van der Waals surface area contributed by atoms with Crippen molar-refractivity contribution < 1.29 is 4.74 Å². The number of benzene rings is 2. The second kappa shape index (κ2) is 8.80. The molecule has 1 heterocycles. The summed E-state index contributed by atoms with van der Waals surface area (Å²) in [5, 5.41) is 9.41. The lowest BCUT2D eigenvalue weighted by Gasteiger charge is -2.04. The molecular formula is C22H18N2OS. The predicted octanol–water partition coefficient (Wildman–Crippen LogP) is 5.79. The fraction of sp³-hybridized carbons (Fsp3) is 0.0909. The zero-order valence-electron chi connectivity index (χ0n) is 14.4. The third-order valence-corrected chi connectivity index (χ3v) is 4.65. The Hall–Kier alpha value is -3.16. The molecule has 0 saturated carbocycles. The molecule has 1 aromatic heterocycles. The lowest BCUT2D eigenvalue weighted by atomic mass is 10.1. The van der Waals surface area contributed by atoms with Gasteiger partial charge in [-0.1, -0.05) is 60.7 Å². The smallest absolute Gasteiger partial charge is 0.140 e. The minimum atomic E-state index is 0.457. The van der Waals surface area contributed by atoms with E-state index in [4.69, 9.17) is 15.0 Å². The van der Waals surface area contributed by atoms with Gasteiger partial charge in [0.05, 0.1) is 11.8 Å². The molecule has 0 unspecified atom stereocenters. The number of thiazole rings is 1. The van der Waals surface area contributed by atoms with E-state index in [1.54, 1.807) is 17.4 Å². The first-order valence-corrected chi connectivity index (χ1v) is 9.05. The standard InChI is InChI=1S/C22H18N2OS/c1-17-22(19-9-5-2-6-10-19)24-21(26-17)16-25-20-13-11-18(12-14-20)8-4-3-7-15-23/h2-14H,16H2,1H3/b7-3+,8-4+. The molecule has 4 heteroatoms. The average Bonchev–Trinajstić information content (AvgIpc) is 3.06. The molecule has 128 valence electrons. The van der Waals surface area contributed by atoms with Crippen molar-refractivity contribution >= 4 is 17.4 Å². The summed E-state index contributed by atoms with van der Waals surface area (Å²) in [6.45, 7) is 2.55. The van der Waals surface area contributed by atoms with E-state index in [9.17, 15) is 0 Å². The summed E-state index contributed by atoms with van der Waals surface area (Å²) in [6.07, 6.45) is 6.92. The molecule has 0 amide bonds. The van der Waals surface area contributed by atoms with Gasteiger partial charge in [0.2, 0.25) is 0 Å². The van der Waals surface area contributed by atoms with Crippen molar-refractivity contribution in [2.24, 2.45) is 0 Å². The van der Waals surface area contributed by atoms with E-state index in [-0.39, 0.29) is 0 Å². The first-order valence-electron chi connectivity index (χ1n) is 8.23. The van der Waals surface area contributed by atoms with E-state index in [0.717, 1.165) is 27.6 Å². The van der Waals surface area contributed by atoms with Crippen LogP contribution in [0, 0.1) is 18.3 Å². The number of rotatable bonds is 6. The van der Waals surface area contributed by atoms with Gasteiger partial charge in [-0.15, -0.1) is 11.3 Å². The molecule has 0 aliphatic rings. The van der Waals surface area contributed by atoms with Crippen LogP contribution in [0.4, 0.5) is 0 Å². The highest BCUT2D eigenvalue weighted by Gasteiger charge is 2.10. The van der Waals surface area contributed by atoms with Crippen molar-refractivity contribution in [2.45, 2.75) is 13.5 Å². The van der Waals surface area contributed by atoms with Crippen LogP contribution >= 0.6 is 11.3 Å². The Morgan fingerprint density at radius 3 is 2.58 bits per heavy atom. The summed E-state index contributed by atoms with van der Waals surface area (Å²) in [6, 6.07) is 20.0. The third-order valence-electron chi connectivity index (χ3n) is 3.70. The van der Waals surface area contributed by atoms with E-state index in [2.05, 4.69) is 19.1 Å². The number of nitriles is 1. The first-order chi connectivity index (χ1) is 12.8. The molecule has 0 saturated heterocycles. The summed E-state index contributed by atoms with van der Waals surface area (Å²) in [5.41, 5.74) is 3.21. The monoisotopic (exact) mass is 358 g/mol. The predicted molar refractivity (Wildman–Crippen MR) is 107 cm³/mol. The Morgan fingerprint density at radius 1 is 1.08 bits per heavy atom. The molecule has 26 heavy (non-hydrogen) atoms. The maximum absolute atomic E-state index is 8.44. The van der Waals surface area contributed by atoms with Crippen LogP contribution in [-0.4, -0.2) is 4.98 Å². The number of hydrogen-bond donors (Lipinski definition) is 0. The number of aromatic nitrogens is 1. The second-order valence-corrected chi connectivity index (χ2v) is 6.87. The van der Waals surface area contributed by atoms with E-state index in [1.807, 2.05) is 60.7 Å². The lowest BCUT2D eigenvalue weighted by molar-refractivity contribution is 0.305. The molecule has 0 N–H and O–H groups in total. The molecule has 0 aliphatic carbocycles. The molecule has 0 aliphatic heterocycles. The first kappa shape index (κ1) is 17.7. The summed E-state index contributed by atoms with van der Waals surface area (Å²) in [5.74, 6) is 0.809. The minimum Gasteiger partial charge on any atom is -0.486 e. The zero-order valence-corrected chi connectivity index (χ0v) is 15.2. The van der Waals surface area contributed by atoms with Crippen LogP contribution in [0.15, 0.2) is 72.8 Å². The molecule has 0 fully saturated rings. The van der Waals surface area contributed by atoms with Crippen LogP contribution in [0.2, 0.25) is 0 Å². The number of nitrogens with zero attached hydrogens (tertiary/aromatic N) is 2. The largest absolute Gasteiger partial charge is 0.486 e. The van der Waals surface area contributed by atoms with E-state index in [0.29, 0.717) is 6.61 Å². The van der Waals surface area contributed by atoms with Crippen LogP contribution in [-0.2, 0) is 6.61 Å². The Labute approximate surface area is 157 Å². The Kier molecular flexibility index (Phi) is 5.97. The second-order valence-electron chi connectivity index (χ2n) is 5.58. The van der Waals surface area contributed by atoms with Gasteiger partial charge in [0.1, 0.15) is 17.4 Å². The van der Waals surface area contributed by atoms with E-state index in [1.165, 1.54) is 11.0 Å². The lowest BCUT2D eigenvalue weighted by Crippen LogP contribution is -1.94. The van der Waals surface area contributed by atoms with Crippen LogP contribution in [0.5, 0.6) is 5.75 Å². The van der Waals surface area contributed by atoms with E-state index < -0.39 is 0 Å². The van der Waals surface area contributed by atoms with Crippen molar-refractivity contribution in [3.8, 4) is 23.1 Å². The Morgan fingerprint density at radius 2 is 1.85 bits per heavy atom. The SMILES string of the molecule is Cc1sc(COc2ccc(/C=C/C=C/C#N)cc2)nc1-c1ccccc1. The fourth-order valence-electron chi connectivity index (χ4n) is 2.46. The fourth-order valence-corrected chi connectivity index (χ4v) is 3.33. The van der Waals surface area contributed by atoms with E-state index >= 15 is 0 Å². The number of allylic oxidation sites excluding steroid dienone is 3. The van der Waals surface area contributed by atoms with Crippen molar-refractivity contribution in [1.29, 1.82) is 5.26 Å². The topological polar surface area (TPSA) is 45.9 Å². The number of aryl methyl sites for hydroxylation is 1. The summed E-state index contributed by atoms with van der Waals surface area (Å²) in [7, 11) is 0. The quantitative estimate of drug-likeness (QED) is 0.414. The normalized spacial score (nSPS) is 11.1. The van der Waals surface area contributed by atoms with Gasteiger partial charge in [-0.25, -0.2) is 4.98 Å². The van der Waals surface area contributed by atoms with Crippen LogP contribution in [0.1, 0.15) is 15.4 Å². The highest BCUT2D eigenvalue weighted by molar-refractivity contribution is 7.12. The van der Waals surface area contributed by atoms with Gasteiger partial charge in [0.25, 0.3) is 0 Å². The molecular weight excluding hydrogens is 340 g/mol. The number of hydrogen-bond acceptors (Lipinski definition) is 4. The maximum Gasteiger partial charge on any atom is 0.140 e. The molecule has 0 radical (unpaired) electrons. The maximum atomic E-state index is 8.44. The molecule has 3 nitrogen and oxygen atoms in total. The van der Waals surface area contributed by atoms with Crippen molar-refractivity contribution in [2.75, 3.05) is 0 Å². The molecule has 3 rings (SSSR count). The highest BCUT2D eigenvalue weighted by Crippen LogP contribution is 2.28. The van der Waals surface area contributed by atoms with Gasteiger partial charge in [-0.05, 0) is 24.6 Å². The summed E-state index contributed by atoms with van der Waals surface area (Å²) in [4.78, 5) is 5.91. The summed E-state index contributed by atoms with van der Waals surface area (Å²) >= 11 is 1.67. The van der Waals surface area contributed by atoms with Gasteiger partial charge in [-0.3, -0.25) is 0 Å². The van der Waals surface area contributed by atoms with Gasteiger partial charge in [0.15, 0.2) is 0 Å². The van der Waals surface area contributed by atoms with Gasteiger partial charge in [-0.2, -0.15) is 5.26 Å². The molecule has 0 bridgehead atoms. The molecule has 0 atom stereocenters. The van der Waals surface area contributed by atoms with Gasteiger partial charge < -0.3 is 4.74 Å². The van der Waals surface area contributed by atoms with Crippen molar-refractivity contribution in [3.05, 3.63) is 88.3 Å². The minimum absolute atomic E-state index is 0.457. The summed E-state index contributed by atoms with van der Waals surface area (Å²) < 4.78 is 5.86. The Balaban J connectivity index is 1.62. The van der Waals surface area contributed by atoms with Crippen molar-refractivity contribution in [3.63, 3.8) is 0 Å². The molecule has 2 aromatic carbocycles. The van der Waals surface area contributed by atoms with Crippen molar-refractivity contribution in [1.82, 2.24) is 4.98 Å². The van der Waals surface area contributed by atoms with Crippen LogP contribution < -0.4 is 4.74 Å². The van der Waals surface area contributed by atoms with Crippen LogP contribution in [0.25, 0.3) is 17.3 Å².